The third kappa shape index (κ3) is 5.43. The van der Waals surface area contributed by atoms with E-state index < -0.39 is 35.0 Å². The van der Waals surface area contributed by atoms with Crippen molar-refractivity contribution < 1.29 is 27.6 Å². The number of carbonyl (C=O) groups excluding carboxylic acids is 3. The van der Waals surface area contributed by atoms with E-state index in [9.17, 15) is 27.6 Å². The second-order valence-electron chi connectivity index (χ2n) is 10.6. The Morgan fingerprint density at radius 3 is 2.60 bits per heavy atom. The number of nitrogens with zero attached hydrogens (tertiary/aromatic N) is 2. The zero-order valence-corrected chi connectivity index (χ0v) is 20.0. The molecule has 1 saturated carbocycles. The fourth-order valence-corrected chi connectivity index (χ4v) is 4.68. The zero-order chi connectivity index (χ0) is 25.5. The van der Waals surface area contributed by atoms with Gasteiger partial charge in [0.25, 0.3) is 5.91 Å². The largest absolute Gasteiger partial charge is 0.352 e. The molecule has 0 bridgehead atoms. The first-order valence-electron chi connectivity index (χ1n) is 11.7. The van der Waals surface area contributed by atoms with Crippen molar-refractivity contribution in [2.24, 2.45) is 11.3 Å². The number of alkyl halides is 2. The van der Waals surface area contributed by atoms with Crippen LogP contribution in [0.2, 0.25) is 0 Å². The quantitative estimate of drug-likeness (QED) is 0.552. The minimum absolute atomic E-state index is 0.0646. The number of aromatic nitrogens is 2. The molecule has 35 heavy (non-hydrogen) atoms. The molecule has 2 unspecified atom stereocenters. The van der Waals surface area contributed by atoms with Crippen LogP contribution in [-0.2, 0) is 16.1 Å². The van der Waals surface area contributed by atoms with Gasteiger partial charge in [-0.3, -0.25) is 19.1 Å². The smallest absolute Gasteiger partial charge is 0.273 e. The lowest BCUT2D eigenvalue weighted by Crippen LogP contribution is -2.55. The van der Waals surface area contributed by atoms with Crippen molar-refractivity contribution in [3.8, 4) is 0 Å². The average Bonchev–Trinajstić information content (AvgIpc) is 3.32. The first kappa shape index (κ1) is 25.0. The van der Waals surface area contributed by atoms with Gasteiger partial charge in [0.2, 0.25) is 17.7 Å². The second-order valence-corrected chi connectivity index (χ2v) is 10.6. The molecule has 1 aliphatic heterocycles. The first-order valence-corrected chi connectivity index (χ1v) is 11.7. The summed E-state index contributed by atoms with van der Waals surface area (Å²) < 4.78 is 42.5. The number of fused-ring (bicyclic) bond motifs is 1. The first-order chi connectivity index (χ1) is 16.3. The Balaban J connectivity index is 1.53. The van der Waals surface area contributed by atoms with Crippen molar-refractivity contribution in [2.75, 3.05) is 6.54 Å². The fraction of sp³-hybridized carbons (Fsp3) is 0.583. The van der Waals surface area contributed by atoms with E-state index in [1.54, 1.807) is 26.8 Å². The lowest BCUT2D eigenvalue weighted by molar-refractivity contribution is -0.125. The van der Waals surface area contributed by atoms with Crippen molar-refractivity contribution in [1.82, 2.24) is 25.7 Å². The molecular weight excluding hydrogens is 463 g/mol. The summed E-state index contributed by atoms with van der Waals surface area (Å²) in [6, 6.07) is 3.11. The number of nitrogens with one attached hydrogen (secondary N) is 3. The Hall–Kier alpha value is -3.11. The highest BCUT2D eigenvalue weighted by molar-refractivity contribution is 6.06. The maximum Gasteiger partial charge on any atom is 0.273 e. The van der Waals surface area contributed by atoms with E-state index >= 15 is 0 Å². The predicted octanol–water partition coefficient (Wildman–Crippen LogP) is 2.76. The molecule has 0 radical (unpaired) electrons. The highest BCUT2D eigenvalue weighted by atomic mass is 19.3. The molecule has 0 spiro atoms. The van der Waals surface area contributed by atoms with Gasteiger partial charge >= 0.3 is 0 Å². The Labute approximate surface area is 201 Å². The summed E-state index contributed by atoms with van der Waals surface area (Å²) in [6.45, 7) is 5.68. The van der Waals surface area contributed by atoms with Gasteiger partial charge in [-0.2, -0.15) is 5.10 Å². The van der Waals surface area contributed by atoms with Crippen LogP contribution in [0.25, 0.3) is 10.9 Å². The molecule has 8 nitrogen and oxygen atoms in total. The minimum Gasteiger partial charge on any atom is -0.352 e. The summed E-state index contributed by atoms with van der Waals surface area (Å²) >= 11 is 0. The summed E-state index contributed by atoms with van der Waals surface area (Å²) in [7, 11) is 0. The third-order valence-corrected chi connectivity index (χ3v) is 6.55. The molecule has 2 aliphatic rings. The van der Waals surface area contributed by atoms with Crippen LogP contribution in [0.3, 0.4) is 0 Å². The molecule has 3 amide bonds. The van der Waals surface area contributed by atoms with E-state index in [2.05, 4.69) is 21.0 Å². The minimum atomic E-state index is -2.72. The molecule has 1 saturated heterocycles. The maximum absolute atomic E-state index is 14.7. The van der Waals surface area contributed by atoms with Crippen LogP contribution in [0.4, 0.5) is 13.2 Å². The van der Waals surface area contributed by atoms with Crippen LogP contribution >= 0.6 is 0 Å². The fourth-order valence-electron chi connectivity index (χ4n) is 4.68. The number of halogens is 3. The van der Waals surface area contributed by atoms with E-state index in [1.807, 2.05) is 0 Å². The Morgan fingerprint density at radius 2 is 2.00 bits per heavy atom. The van der Waals surface area contributed by atoms with Crippen LogP contribution in [0.1, 0.15) is 56.9 Å². The Morgan fingerprint density at radius 1 is 1.29 bits per heavy atom. The number of hydrogen-bond acceptors (Lipinski definition) is 4. The molecule has 3 N–H and O–H groups in total. The van der Waals surface area contributed by atoms with Crippen LogP contribution < -0.4 is 16.0 Å². The van der Waals surface area contributed by atoms with Gasteiger partial charge in [0.1, 0.15) is 17.4 Å². The van der Waals surface area contributed by atoms with Crippen molar-refractivity contribution >= 4 is 28.6 Å². The molecule has 4 rings (SSSR count). The van der Waals surface area contributed by atoms with E-state index in [0.717, 1.165) is 0 Å². The number of para-hydroxylation sites is 1. The molecule has 1 aliphatic carbocycles. The van der Waals surface area contributed by atoms with E-state index in [-0.39, 0.29) is 60.4 Å². The number of amides is 3. The van der Waals surface area contributed by atoms with Crippen LogP contribution in [0.5, 0.6) is 0 Å². The predicted molar refractivity (Wildman–Crippen MR) is 122 cm³/mol. The summed E-state index contributed by atoms with van der Waals surface area (Å²) in [5.74, 6) is -4.84. The summed E-state index contributed by atoms with van der Waals surface area (Å²) in [5.41, 5.74) is -0.669. The number of carbonyl (C=O) groups is 3. The molecule has 2 atom stereocenters. The van der Waals surface area contributed by atoms with Crippen LogP contribution in [-0.4, -0.2) is 52.1 Å². The van der Waals surface area contributed by atoms with Crippen LogP contribution in [0.15, 0.2) is 18.2 Å². The summed E-state index contributed by atoms with van der Waals surface area (Å²) in [5, 5.41) is 12.8. The van der Waals surface area contributed by atoms with Gasteiger partial charge in [0.15, 0.2) is 5.69 Å². The van der Waals surface area contributed by atoms with Crippen molar-refractivity contribution in [3.63, 3.8) is 0 Å². The zero-order valence-electron chi connectivity index (χ0n) is 20.0. The number of benzene rings is 1. The molecule has 2 aromatic rings. The highest BCUT2D eigenvalue weighted by Crippen LogP contribution is 2.43. The monoisotopic (exact) mass is 493 g/mol. The van der Waals surface area contributed by atoms with E-state index in [1.165, 1.54) is 16.8 Å². The lowest BCUT2D eigenvalue weighted by atomic mass is 9.81. The highest BCUT2D eigenvalue weighted by Gasteiger charge is 2.45. The number of hydrogen-bond donors (Lipinski definition) is 3. The standard InChI is InChI=1S/C24H30F3N5O3/c1-23(2,3)20(22(35)28-11-14-7-8-17(33)29-14)30-21(34)18-15-5-4-6-16(25)19(15)32(31-18)12-13-9-24(26,27)10-13/h4-6,13-14,20H,7-12H2,1-3H3,(H,28,35)(H,29,33)(H,30,34). The molecule has 1 aromatic heterocycles. The SMILES string of the molecule is CC(C)(C)C(NC(=O)c1nn(CC2CC(F)(F)C2)c2c(F)cccc12)C(=O)NCC1CCC(=O)N1. The average molecular weight is 494 g/mol. The van der Waals surface area contributed by atoms with Gasteiger partial charge in [-0.15, -0.1) is 0 Å². The van der Waals surface area contributed by atoms with Gasteiger partial charge < -0.3 is 16.0 Å². The molecule has 1 aromatic carbocycles. The van der Waals surface area contributed by atoms with Gasteiger partial charge in [0, 0.05) is 43.8 Å². The van der Waals surface area contributed by atoms with Crippen molar-refractivity contribution in [3.05, 3.63) is 29.7 Å². The topological polar surface area (TPSA) is 105 Å². The Bertz CT molecular complexity index is 1150. The van der Waals surface area contributed by atoms with Gasteiger partial charge in [-0.05, 0) is 23.8 Å². The molecule has 11 heteroatoms. The normalized spacial score (nSPS) is 20.9. The van der Waals surface area contributed by atoms with Gasteiger partial charge in [0.05, 0.1) is 0 Å². The van der Waals surface area contributed by atoms with Gasteiger partial charge in [-0.1, -0.05) is 32.9 Å². The summed E-state index contributed by atoms with van der Waals surface area (Å²) in [6.07, 6.45) is 0.411. The van der Waals surface area contributed by atoms with Gasteiger partial charge in [-0.25, -0.2) is 13.2 Å². The van der Waals surface area contributed by atoms with Crippen molar-refractivity contribution in [1.29, 1.82) is 0 Å². The van der Waals surface area contributed by atoms with Crippen LogP contribution in [0, 0.1) is 17.2 Å². The maximum atomic E-state index is 14.7. The summed E-state index contributed by atoms with van der Waals surface area (Å²) in [4.78, 5) is 37.6. The van der Waals surface area contributed by atoms with E-state index in [4.69, 9.17) is 0 Å². The lowest BCUT2D eigenvalue weighted by Gasteiger charge is -2.34. The molecular formula is C24H30F3N5O3. The second kappa shape index (κ2) is 9.16. The molecule has 2 fully saturated rings. The molecule has 190 valence electrons. The van der Waals surface area contributed by atoms with Crippen molar-refractivity contribution in [2.45, 2.75) is 71.0 Å². The third-order valence-electron chi connectivity index (χ3n) is 6.55. The molecule has 2 heterocycles. The number of rotatable bonds is 7. The Kier molecular flexibility index (Phi) is 6.54. The van der Waals surface area contributed by atoms with E-state index in [0.29, 0.717) is 12.8 Å².